The van der Waals surface area contributed by atoms with Gasteiger partial charge in [-0.3, -0.25) is 13.9 Å². The van der Waals surface area contributed by atoms with Crippen molar-refractivity contribution in [3.8, 4) is 0 Å². The average Bonchev–Trinajstić information content (AvgIpc) is 2.86. The molecule has 0 aliphatic rings. The molecule has 0 bridgehead atoms. The summed E-state index contributed by atoms with van der Waals surface area (Å²) in [7, 11) is -2.37. The van der Waals surface area contributed by atoms with E-state index in [0.29, 0.717) is 32.4 Å². The van der Waals surface area contributed by atoms with Gasteiger partial charge in [0, 0.05) is 35.6 Å². The van der Waals surface area contributed by atoms with Gasteiger partial charge in [-0.15, -0.1) is 0 Å². The number of halogens is 2. The molecule has 0 aliphatic heterocycles. The van der Waals surface area contributed by atoms with Gasteiger partial charge in [-0.1, -0.05) is 77.8 Å². The van der Waals surface area contributed by atoms with E-state index in [-0.39, 0.29) is 13.0 Å². The lowest BCUT2D eigenvalue weighted by molar-refractivity contribution is -0.139. The number of likely N-dealkylation sites (N-methyl/N-ethyl adjacent to an activating group) is 1. The van der Waals surface area contributed by atoms with Gasteiger partial charge in [-0.2, -0.15) is 0 Å². The molecule has 10 heteroatoms. The zero-order valence-corrected chi connectivity index (χ0v) is 24.1. The number of nitrogens with one attached hydrogen (secondary N) is 1. The average molecular weight is 577 g/mol. The van der Waals surface area contributed by atoms with Gasteiger partial charge in [0.15, 0.2) is 0 Å². The van der Waals surface area contributed by atoms with Gasteiger partial charge in [0.25, 0.3) is 0 Å². The summed E-state index contributed by atoms with van der Waals surface area (Å²) in [5.74, 6) is -0.970. The number of amides is 2. The molecule has 0 fully saturated rings. The van der Waals surface area contributed by atoms with Crippen LogP contribution >= 0.6 is 23.2 Å². The summed E-state index contributed by atoms with van der Waals surface area (Å²) in [6.07, 6.45) is 1.26. The van der Waals surface area contributed by atoms with Crippen molar-refractivity contribution in [2.75, 3.05) is 24.2 Å². The van der Waals surface area contributed by atoms with E-state index in [1.165, 1.54) is 11.9 Å². The molecular weight excluding hydrogens is 545 g/mol. The first-order valence-corrected chi connectivity index (χ1v) is 14.6. The third-order valence-electron chi connectivity index (χ3n) is 6.28. The Morgan fingerprint density at radius 2 is 1.45 bits per heavy atom. The van der Waals surface area contributed by atoms with Gasteiger partial charge in [-0.25, -0.2) is 8.42 Å². The highest BCUT2D eigenvalue weighted by Gasteiger charge is 2.34. The number of hydrogen-bond donors (Lipinski definition) is 1. The predicted molar refractivity (Wildman–Crippen MR) is 153 cm³/mol. The molecule has 0 unspecified atom stereocenters. The molecule has 0 aliphatic carbocycles. The highest BCUT2D eigenvalue weighted by molar-refractivity contribution is 7.92. The minimum absolute atomic E-state index is 0.0907. The Bertz CT molecular complexity index is 1370. The highest BCUT2D eigenvalue weighted by Crippen LogP contribution is 2.29. The molecule has 0 spiro atoms. The van der Waals surface area contributed by atoms with Crippen molar-refractivity contribution in [3.05, 3.63) is 99.0 Å². The largest absolute Gasteiger partial charge is 0.357 e. The Balaban J connectivity index is 2.11. The van der Waals surface area contributed by atoms with Crippen molar-refractivity contribution in [1.82, 2.24) is 10.2 Å². The van der Waals surface area contributed by atoms with Crippen LogP contribution in [0.2, 0.25) is 10.0 Å². The summed E-state index contributed by atoms with van der Waals surface area (Å²) >= 11 is 12.9. The van der Waals surface area contributed by atoms with Crippen LogP contribution in [-0.4, -0.2) is 51.0 Å². The molecular formula is C28H31Cl2N3O4S. The molecule has 1 atom stereocenters. The minimum Gasteiger partial charge on any atom is -0.357 e. The second kappa shape index (κ2) is 12.7. The van der Waals surface area contributed by atoms with Crippen LogP contribution in [0.15, 0.2) is 66.7 Å². The lowest BCUT2D eigenvalue weighted by Crippen LogP contribution is -2.53. The van der Waals surface area contributed by atoms with Crippen LogP contribution in [0.1, 0.15) is 22.3 Å². The van der Waals surface area contributed by atoms with Crippen molar-refractivity contribution in [1.29, 1.82) is 0 Å². The molecule has 202 valence electrons. The van der Waals surface area contributed by atoms with Gasteiger partial charge in [-0.05, 0) is 42.7 Å². The Labute approximate surface area is 234 Å². The van der Waals surface area contributed by atoms with Crippen LogP contribution < -0.4 is 9.62 Å². The first-order chi connectivity index (χ1) is 17.9. The zero-order chi connectivity index (χ0) is 28.0. The van der Waals surface area contributed by atoms with Crippen LogP contribution in [0.3, 0.4) is 0 Å². The number of carbonyl (C=O) groups excluding carboxylic acids is 2. The van der Waals surface area contributed by atoms with Gasteiger partial charge in [0.2, 0.25) is 21.8 Å². The third-order valence-corrected chi connectivity index (χ3v) is 8.10. The summed E-state index contributed by atoms with van der Waals surface area (Å²) < 4.78 is 27.0. The van der Waals surface area contributed by atoms with Crippen LogP contribution in [0.25, 0.3) is 0 Å². The van der Waals surface area contributed by atoms with Gasteiger partial charge in [0.05, 0.1) is 11.9 Å². The fourth-order valence-electron chi connectivity index (χ4n) is 4.35. The van der Waals surface area contributed by atoms with Crippen LogP contribution in [0.4, 0.5) is 5.69 Å². The van der Waals surface area contributed by atoms with Crippen molar-refractivity contribution in [2.45, 2.75) is 32.9 Å². The van der Waals surface area contributed by atoms with Gasteiger partial charge in [0.1, 0.15) is 12.6 Å². The maximum atomic E-state index is 14.0. The standard InChI is InChI=1S/C28H31Cl2N3O4S/c1-19-10-8-11-20(2)27(19)33(38(4,36)37)18-26(34)32(17-22-23(29)14-9-15-24(22)30)25(28(35)31-3)16-21-12-6-5-7-13-21/h5-15,25H,16-18H2,1-4H3,(H,31,35)/t25-/m0/s1. The third kappa shape index (κ3) is 7.07. The fraction of sp³-hybridized carbons (Fsp3) is 0.286. The van der Waals surface area contributed by atoms with Crippen molar-refractivity contribution >= 4 is 50.7 Å². The summed E-state index contributed by atoms with van der Waals surface area (Å²) in [6.45, 7) is 2.98. The first-order valence-electron chi connectivity index (χ1n) is 12.0. The number of rotatable bonds is 10. The van der Waals surface area contributed by atoms with Crippen molar-refractivity contribution < 1.29 is 18.0 Å². The second-order valence-electron chi connectivity index (χ2n) is 9.05. The molecule has 0 saturated carbocycles. The van der Waals surface area contributed by atoms with E-state index in [1.807, 2.05) is 36.4 Å². The summed E-state index contributed by atoms with van der Waals surface area (Å²) in [5.41, 5.74) is 3.13. The maximum Gasteiger partial charge on any atom is 0.244 e. The number of hydrogen-bond acceptors (Lipinski definition) is 4. The quantitative estimate of drug-likeness (QED) is 0.377. The number of anilines is 1. The molecule has 7 nitrogen and oxygen atoms in total. The lowest BCUT2D eigenvalue weighted by atomic mass is 10.0. The predicted octanol–water partition coefficient (Wildman–Crippen LogP) is 4.76. The molecule has 3 aromatic rings. The SMILES string of the molecule is CNC(=O)[C@H](Cc1ccccc1)N(Cc1c(Cl)cccc1Cl)C(=O)CN(c1c(C)cccc1C)S(C)(=O)=O. The Morgan fingerprint density at radius 1 is 0.895 bits per heavy atom. The zero-order valence-electron chi connectivity index (χ0n) is 21.7. The molecule has 0 aromatic heterocycles. The summed E-state index contributed by atoms with van der Waals surface area (Å²) in [5, 5.41) is 3.31. The molecule has 0 saturated heterocycles. The van der Waals surface area contributed by atoms with E-state index in [0.717, 1.165) is 16.1 Å². The van der Waals surface area contributed by atoms with Crippen LogP contribution in [0, 0.1) is 13.8 Å². The topological polar surface area (TPSA) is 86.8 Å². The summed E-state index contributed by atoms with van der Waals surface area (Å²) in [6, 6.07) is 18.7. The van der Waals surface area contributed by atoms with Crippen molar-refractivity contribution in [2.24, 2.45) is 0 Å². The van der Waals surface area contributed by atoms with Gasteiger partial charge < -0.3 is 10.2 Å². The number of sulfonamides is 1. The van der Waals surface area contributed by atoms with E-state index in [9.17, 15) is 18.0 Å². The molecule has 0 heterocycles. The fourth-order valence-corrected chi connectivity index (χ4v) is 5.83. The lowest BCUT2D eigenvalue weighted by Gasteiger charge is -2.34. The normalized spacial score (nSPS) is 12.1. The number of para-hydroxylation sites is 1. The second-order valence-corrected chi connectivity index (χ2v) is 11.8. The summed E-state index contributed by atoms with van der Waals surface area (Å²) in [4.78, 5) is 28.6. The number of benzene rings is 3. The number of nitrogens with zero attached hydrogens (tertiary/aromatic N) is 2. The molecule has 38 heavy (non-hydrogen) atoms. The van der Waals surface area contributed by atoms with Crippen LogP contribution in [-0.2, 0) is 32.6 Å². The molecule has 0 radical (unpaired) electrons. The first kappa shape index (κ1) is 29.5. The number of aryl methyl sites for hydroxylation is 2. The minimum atomic E-state index is -3.86. The molecule has 3 aromatic carbocycles. The monoisotopic (exact) mass is 575 g/mol. The smallest absolute Gasteiger partial charge is 0.244 e. The molecule has 2 amide bonds. The number of carbonyl (C=O) groups is 2. The maximum absolute atomic E-state index is 14.0. The van der Waals surface area contributed by atoms with Gasteiger partial charge >= 0.3 is 0 Å². The van der Waals surface area contributed by atoms with Crippen LogP contribution in [0.5, 0.6) is 0 Å². The van der Waals surface area contributed by atoms with E-state index < -0.39 is 34.4 Å². The van der Waals surface area contributed by atoms with E-state index in [4.69, 9.17) is 23.2 Å². The molecule has 3 rings (SSSR count). The van der Waals surface area contributed by atoms with E-state index >= 15 is 0 Å². The van der Waals surface area contributed by atoms with E-state index in [1.54, 1.807) is 44.2 Å². The van der Waals surface area contributed by atoms with Crippen molar-refractivity contribution in [3.63, 3.8) is 0 Å². The Kier molecular flexibility index (Phi) is 9.82. The Hall–Kier alpha value is -3.07. The van der Waals surface area contributed by atoms with E-state index in [2.05, 4.69) is 5.32 Å². The molecule has 1 N–H and O–H groups in total. The Morgan fingerprint density at radius 3 is 1.97 bits per heavy atom. The highest BCUT2D eigenvalue weighted by atomic mass is 35.5.